The summed E-state index contributed by atoms with van der Waals surface area (Å²) in [5.41, 5.74) is 1.70. The van der Waals surface area contributed by atoms with Crippen LogP contribution in [0.25, 0.3) is 0 Å². The van der Waals surface area contributed by atoms with E-state index in [0.29, 0.717) is 11.5 Å². The summed E-state index contributed by atoms with van der Waals surface area (Å²) in [7, 11) is -9.18. The number of para-hydroxylation sites is 2. The molecule has 0 aromatic heterocycles. The maximum absolute atomic E-state index is 11.6. The first-order valence-corrected chi connectivity index (χ1v) is 19.5. The van der Waals surface area contributed by atoms with Crippen LogP contribution in [0, 0.1) is 0 Å². The Kier molecular flexibility index (Phi) is 19.5. The van der Waals surface area contributed by atoms with E-state index in [1.165, 1.54) is 50.7 Å². The number of unbranched alkanes of at least 4 members (excludes halogenated alkanes) is 8. The Hall–Kier alpha value is -2.44. The van der Waals surface area contributed by atoms with E-state index in [1.54, 1.807) is 60.7 Å². The van der Waals surface area contributed by atoms with Gasteiger partial charge in [-0.3, -0.25) is 0 Å². The molecule has 0 saturated carbocycles. The maximum Gasteiger partial charge on any atom is 2.00 e. The van der Waals surface area contributed by atoms with Crippen molar-refractivity contribution in [3.05, 3.63) is 108 Å². The first-order valence-electron chi connectivity index (χ1n) is 16.6. The summed E-state index contributed by atoms with van der Waals surface area (Å²) in [6, 6.07) is 27.3. The van der Waals surface area contributed by atoms with E-state index < -0.39 is 20.2 Å². The molecule has 0 spiro atoms. The maximum atomic E-state index is 11.6. The van der Waals surface area contributed by atoms with Crippen molar-refractivity contribution < 1.29 is 35.4 Å². The summed E-state index contributed by atoms with van der Waals surface area (Å²) in [5.74, 6) is 1.14. The van der Waals surface area contributed by atoms with E-state index in [2.05, 4.69) is 13.8 Å². The van der Waals surface area contributed by atoms with Crippen LogP contribution in [0.15, 0.2) is 107 Å². The summed E-state index contributed by atoms with van der Waals surface area (Å²) in [5, 5.41) is 0. The van der Waals surface area contributed by atoms with E-state index >= 15 is 0 Å². The van der Waals surface area contributed by atoms with Gasteiger partial charge in [0.1, 0.15) is 43.2 Å². The van der Waals surface area contributed by atoms with Crippen LogP contribution in [0.2, 0.25) is 0 Å². The molecule has 0 heterocycles. The number of ether oxygens (including phenoxy) is 2. The van der Waals surface area contributed by atoms with Crippen LogP contribution in [0.4, 0.5) is 0 Å². The number of rotatable bonds is 18. The molecule has 0 amide bonds. The molecule has 11 heteroatoms. The molecule has 0 fully saturated rings. The van der Waals surface area contributed by atoms with Gasteiger partial charge in [-0.05, 0) is 85.3 Å². The fraction of sp³-hybridized carbons (Fsp3) is 0.368. The Labute approximate surface area is 322 Å². The van der Waals surface area contributed by atoms with Crippen molar-refractivity contribution in [3.63, 3.8) is 0 Å². The van der Waals surface area contributed by atoms with Crippen molar-refractivity contribution in [2.75, 3.05) is 0 Å². The van der Waals surface area contributed by atoms with Crippen molar-refractivity contribution in [1.29, 1.82) is 0 Å². The zero-order valence-electron chi connectivity index (χ0n) is 28.5. The minimum absolute atomic E-state index is 0. The quantitative estimate of drug-likeness (QED) is 0.0561. The second-order valence-electron chi connectivity index (χ2n) is 11.6. The predicted molar refractivity (Wildman–Crippen MR) is 193 cm³/mol. The molecule has 0 aliphatic rings. The molecule has 0 aliphatic heterocycles. The number of hydrogen-bond donors (Lipinski definition) is 0. The van der Waals surface area contributed by atoms with Gasteiger partial charge in [0.25, 0.3) is 0 Å². The number of benzene rings is 4. The van der Waals surface area contributed by atoms with E-state index in [-0.39, 0.29) is 59.0 Å². The Morgan fingerprint density at radius 2 is 0.837 bits per heavy atom. The Morgan fingerprint density at radius 3 is 1.16 bits per heavy atom. The van der Waals surface area contributed by atoms with Gasteiger partial charge < -0.3 is 18.6 Å². The summed E-state index contributed by atoms with van der Waals surface area (Å²) >= 11 is 0. The molecule has 0 saturated heterocycles. The molecule has 0 atom stereocenters. The zero-order valence-corrected chi connectivity index (χ0v) is 32.4. The molecular weight excluding hydrogens is 689 g/mol. The minimum atomic E-state index is -4.59. The average Bonchev–Trinajstić information content (AvgIpc) is 3.06. The van der Waals surface area contributed by atoms with E-state index in [4.69, 9.17) is 9.47 Å². The predicted octanol–water partition coefficient (Wildman–Crippen LogP) is 9.41. The van der Waals surface area contributed by atoms with E-state index in [9.17, 15) is 25.9 Å². The van der Waals surface area contributed by atoms with Crippen molar-refractivity contribution in [2.45, 2.75) is 101 Å². The van der Waals surface area contributed by atoms with Crippen LogP contribution in [-0.2, 0) is 33.1 Å². The third-order valence-electron chi connectivity index (χ3n) is 7.63. The molecule has 4 aromatic carbocycles. The summed E-state index contributed by atoms with van der Waals surface area (Å²) in [6.07, 6.45) is 12.9. The summed E-state index contributed by atoms with van der Waals surface area (Å²) in [4.78, 5) is -0.588. The van der Waals surface area contributed by atoms with Gasteiger partial charge in [-0.1, -0.05) is 114 Å². The monoisotopic (exact) mass is 734 g/mol. The van der Waals surface area contributed by atoms with Crippen LogP contribution in [0.3, 0.4) is 0 Å². The van der Waals surface area contributed by atoms with Gasteiger partial charge in [0, 0.05) is 0 Å². The van der Waals surface area contributed by atoms with Crippen LogP contribution in [0.1, 0.15) is 89.2 Å². The second kappa shape index (κ2) is 22.4. The summed E-state index contributed by atoms with van der Waals surface area (Å²) < 4.78 is 80.6. The van der Waals surface area contributed by atoms with Gasteiger partial charge in [-0.15, -0.1) is 0 Å². The van der Waals surface area contributed by atoms with Crippen molar-refractivity contribution >= 4 is 58.0 Å². The van der Waals surface area contributed by atoms with Crippen LogP contribution < -0.4 is 9.47 Å². The SMILES string of the molecule is CCCCCCCc1ccc(Oc2ccccc2)c(S(=O)(=O)[O-])c1.CCCCCCCc1ccc(Oc2ccccc2)c(S(=O)(=O)[O-])c1.[Ca+2]. The van der Waals surface area contributed by atoms with Crippen molar-refractivity contribution in [1.82, 2.24) is 0 Å². The van der Waals surface area contributed by atoms with Crippen molar-refractivity contribution in [2.24, 2.45) is 0 Å². The van der Waals surface area contributed by atoms with E-state index in [1.807, 2.05) is 24.3 Å². The van der Waals surface area contributed by atoms with Gasteiger partial charge in [0.05, 0.1) is 9.79 Å². The first-order chi connectivity index (χ1) is 23.0. The van der Waals surface area contributed by atoms with Gasteiger partial charge in [0.2, 0.25) is 0 Å². The standard InChI is InChI=1S/2C19H24O4S.Ca/c2*1-2-3-4-5-7-10-16-13-14-18(19(15-16)24(20,21)22)23-17-11-8-6-9-12-17;/h2*6,8-9,11-15H,2-5,7,10H2,1H3,(H,20,21,22);/q;;+2/p-2. The molecule has 0 radical (unpaired) electrons. The molecule has 0 aliphatic carbocycles. The zero-order chi connectivity index (χ0) is 34.8. The van der Waals surface area contributed by atoms with Crippen LogP contribution in [-0.4, -0.2) is 63.7 Å². The Balaban J connectivity index is 0.000000333. The minimum Gasteiger partial charge on any atom is -0.744 e. The van der Waals surface area contributed by atoms with Crippen LogP contribution >= 0.6 is 0 Å². The molecule has 260 valence electrons. The molecule has 0 N–H and O–H groups in total. The van der Waals surface area contributed by atoms with Crippen molar-refractivity contribution in [3.8, 4) is 23.0 Å². The molecule has 8 nitrogen and oxygen atoms in total. The second-order valence-corrected chi connectivity index (χ2v) is 14.3. The van der Waals surface area contributed by atoms with Gasteiger partial charge in [-0.25, -0.2) is 16.8 Å². The third-order valence-corrected chi connectivity index (χ3v) is 9.35. The fourth-order valence-corrected chi connectivity index (χ4v) is 6.38. The van der Waals surface area contributed by atoms with Gasteiger partial charge in [0.15, 0.2) is 0 Å². The van der Waals surface area contributed by atoms with Gasteiger partial charge in [-0.2, -0.15) is 0 Å². The Bertz CT molecular complexity index is 1620. The number of hydrogen-bond acceptors (Lipinski definition) is 8. The third kappa shape index (κ3) is 16.0. The number of aryl methyl sites for hydroxylation is 2. The molecule has 4 rings (SSSR count). The Morgan fingerprint density at radius 1 is 0.490 bits per heavy atom. The molecule has 49 heavy (non-hydrogen) atoms. The molecular formula is C38H46CaO8S2. The molecule has 0 bridgehead atoms. The summed E-state index contributed by atoms with van der Waals surface area (Å²) in [6.45, 7) is 4.33. The first kappa shape index (κ1) is 42.7. The van der Waals surface area contributed by atoms with Gasteiger partial charge >= 0.3 is 37.7 Å². The average molecular weight is 735 g/mol. The largest absolute Gasteiger partial charge is 2.00 e. The molecule has 0 unspecified atom stereocenters. The van der Waals surface area contributed by atoms with E-state index in [0.717, 1.165) is 49.7 Å². The fourth-order valence-electron chi connectivity index (χ4n) is 5.07. The topological polar surface area (TPSA) is 133 Å². The normalized spacial score (nSPS) is 11.2. The van der Waals surface area contributed by atoms with Crippen LogP contribution in [0.5, 0.6) is 23.0 Å². The molecule has 4 aromatic rings. The smallest absolute Gasteiger partial charge is 0.744 e.